The molecule has 1 fully saturated rings. The van der Waals surface area contributed by atoms with Crippen LogP contribution < -0.4 is 5.73 Å². The number of benzene rings is 1. The highest BCUT2D eigenvalue weighted by Crippen LogP contribution is 2.38. The second-order valence-electron chi connectivity index (χ2n) is 4.92. The Morgan fingerprint density at radius 1 is 1.39 bits per heavy atom. The number of nitrogen functional groups attached to an aromatic ring is 1. The summed E-state index contributed by atoms with van der Waals surface area (Å²) in [5.74, 6) is 0.780. The lowest BCUT2D eigenvalue weighted by atomic mass is 9.82. The molecule has 1 aromatic heterocycles. The zero-order valence-corrected chi connectivity index (χ0v) is 10.0. The fourth-order valence-corrected chi connectivity index (χ4v) is 2.39. The molecule has 1 heterocycles. The van der Waals surface area contributed by atoms with Crippen molar-refractivity contribution in [1.82, 2.24) is 20.2 Å². The lowest BCUT2D eigenvalue weighted by molar-refractivity contribution is 0.199. The third-order valence-electron chi connectivity index (χ3n) is 3.42. The molecule has 2 aromatic rings. The number of anilines is 1. The zero-order valence-electron chi connectivity index (χ0n) is 10.0. The minimum atomic E-state index is -0.354. The second-order valence-corrected chi connectivity index (χ2v) is 4.92. The molecule has 1 aliphatic rings. The van der Waals surface area contributed by atoms with Gasteiger partial charge in [0.1, 0.15) is 5.82 Å². The standard InChI is InChI=1S/C12H14FN5/c1-7-4-9(5-7)18-12(15-16-17-18)10-6-8(14)2-3-11(10)13/h2-3,6-7,9H,4-5,14H2,1H3. The smallest absolute Gasteiger partial charge is 0.185 e. The molecule has 0 unspecified atom stereocenters. The summed E-state index contributed by atoms with van der Waals surface area (Å²) in [7, 11) is 0. The van der Waals surface area contributed by atoms with E-state index in [-0.39, 0.29) is 11.9 Å². The summed E-state index contributed by atoms with van der Waals surface area (Å²) in [6, 6.07) is 4.70. The van der Waals surface area contributed by atoms with Crippen LogP contribution in [0.2, 0.25) is 0 Å². The Morgan fingerprint density at radius 2 is 2.17 bits per heavy atom. The van der Waals surface area contributed by atoms with E-state index < -0.39 is 0 Å². The van der Waals surface area contributed by atoms with Crippen molar-refractivity contribution in [3.8, 4) is 11.4 Å². The van der Waals surface area contributed by atoms with Gasteiger partial charge >= 0.3 is 0 Å². The van der Waals surface area contributed by atoms with Gasteiger partial charge in [0.05, 0.1) is 11.6 Å². The highest BCUT2D eigenvalue weighted by atomic mass is 19.1. The van der Waals surface area contributed by atoms with E-state index in [1.165, 1.54) is 12.1 Å². The van der Waals surface area contributed by atoms with Gasteiger partial charge in [0.2, 0.25) is 0 Å². The molecule has 94 valence electrons. The Labute approximate surface area is 104 Å². The van der Waals surface area contributed by atoms with Gasteiger partial charge in [0.25, 0.3) is 0 Å². The fourth-order valence-electron chi connectivity index (χ4n) is 2.39. The molecule has 0 amide bonds. The van der Waals surface area contributed by atoms with Crippen molar-refractivity contribution >= 4 is 5.69 Å². The largest absolute Gasteiger partial charge is 0.399 e. The first-order valence-corrected chi connectivity index (χ1v) is 5.98. The maximum absolute atomic E-state index is 13.8. The number of hydrogen-bond acceptors (Lipinski definition) is 4. The van der Waals surface area contributed by atoms with Gasteiger partial charge in [-0.25, -0.2) is 9.07 Å². The summed E-state index contributed by atoms with van der Waals surface area (Å²) in [5.41, 5.74) is 6.55. The Bertz CT molecular complexity index is 574. The van der Waals surface area contributed by atoms with Crippen LogP contribution in [0.4, 0.5) is 10.1 Å². The van der Waals surface area contributed by atoms with E-state index >= 15 is 0 Å². The van der Waals surface area contributed by atoms with Gasteiger partial charge in [-0.15, -0.1) is 5.10 Å². The van der Waals surface area contributed by atoms with Gasteiger partial charge in [-0.05, 0) is 47.4 Å². The highest BCUT2D eigenvalue weighted by Gasteiger charge is 2.30. The molecule has 3 rings (SSSR count). The van der Waals surface area contributed by atoms with Gasteiger partial charge in [-0.3, -0.25) is 0 Å². The first-order valence-electron chi connectivity index (χ1n) is 5.98. The molecule has 0 spiro atoms. The van der Waals surface area contributed by atoms with Crippen LogP contribution in [0.5, 0.6) is 0 Å². The van der Waals surface area contributed by atoms with Crippen molar-refractivity contribution in [2.24, 2.45) is 5.92 Å². The topological polar surface area (TPSA) is 69.6 Å². The molecule has 1 aromatic carbocycles. The Balaban J connectivity index is 2.02. The predicted octanol–water partition coefficient (Wildman–Crippen LogP) is 2.03. The maximum atomic E-state index is 13.8. The monoisotopic (exact) mass is 247 g/mol. The van der Waals surface area contributed by atoms with Gasteiger partial charge < -0.3 is 5.73 Å². The fraction of sp³-hybridized carbons (Fsp3) is 0.417. The first-order chi connectivity index (χ1) is 8.65. The van der Waals surface area contributed by atoms with Gasteiger partial charge in [0.15, 0.2) is 5.82 Å². The van der Waals surface area contributed by atoms with Crippen molar-refractivity contribution < 1.29 is 4.39 Å². The summed E-state index contributed by atoms with van der Waals surface area (Å²) >= 11 is 0. The van der Waals surface area contributed by atoms with Crippen molar-refractivity contribution in [2.45, 2.75) is 25.8 Å². The normalized spacial score (nSPS) is 22.8. The average molecular weight is 247 g/mol. The Hall–Kier alpha value is -1.98. The number of nitrogens with zero attached hydrogens (tertiary/aromatic N) is 4. The minimum absolute atomic E-state index is 0.269. The van der Waals surface area contributed by atoms with Crippen molar-refractivity contribution in [1.29, 1.82) is 0 Å². The number of halogens is 1. The molecule has 18 heavy (non-hydrogen) atoms. The van der Waals surface area contributed by atoms with Crippen LogP contribution in [0.3, 0.4) is 0 Å². The second kappa shape index (κ2) is 4.04. The molecule has 5 nitrogen and oxygen atoms in total. The number of aromatic nitrogens is 4. The molecule has 0 bridgehead atoms. The number of nitrogens with two attached hydrogens (primary N) is 1. The maximum Gasteiger partial charge on any atom is 0.185 e. The first kappa shape index (κ1) is 11.1. The quantitative estimate of drug-likeness (QED) is 0.824. The molecule has 0 aliphatic heterocycles. The van der Waals surface area contributed by atoms with Crippen molar-refractivity contribution in [2.75, 3.05) is 5.73 Å². The Kier molecular flexibility index (Phi) is 2.50. The lowest BCUT2D eigenvalue weighted by Crippen LogP contribution is -2.26. The third-order valence-corrected chi connectivity index (χ3v) is 3.42. The van der Waals surface area contributed by atoms with E-state index in [9.17, 15) is 4.39 Å². The lowest BCUT2D eigenvalue weighted by Gasteiger charge is -2.32. The molecule has 1 saturated carbocycles. The molecule has 1 aliphatic carbocycles. The number of hydrogen-bond donors (Lipinski definition) is 1. The van der Waals surface area contributed by atoms with E-state index in [0.717, 1.165) is 12.8 Å². The molecule has 0 saturated heterocycles. The zero-order chi connectivity index (χ0) is 12.7. The SMILES string of the molecule is CC1CC(n2nnnc2-c2cc(N)ccc2F)C1. The van der Waals surface area contributed by atoms with Crippen LogP contribution in [0, 0.1) is 11.7 Å². The summed E-state index contributed by atoms with van der Waals surface area (Å²) in [6.45, 7) is 2.18. The van der Waals surface area contributed by atoms with E-state index in [1.807, 2.05) is 0 Å². The molecular weight excluding hydrogens is 233 g/mol. The molecule has 0 radical (unpaired) electrons. The predicted molar refractivity (Wildman–Crippen MR) is 65.1 cm³/mol. The molecular formula is C12H14FN5. The van der Waals surface area contributed by atoms with Crippen LogP contribution in [-0.2, 0) is 0 Å². The van der Waals surface area contributed by atoms with E-state index in [1.54, 1.807) is 10.7 Å². The van der Waals surface area contributed by atoms with Crippen LogP contribution >= 0.6 is 0 Å². The van der Waals surface area contributed by atoms with Crippen LogP contribution in [-0.4, -0.2) is 20.2 Å². The summed E-state index contributed by atoms with van der Waals surface area (Å²) in [5, 5.41) is 11.5. The highest BCUT2D eigenvalue weighted by molar-refractivity contribution is 5.61. The van der Waals surface area contributed by atoms with Crippen LogP contribution in [0.25, 0.3) is 11.4 Å². The molecule has 2 N–H and O–H groups in total. The van der Waals surface area contributed by atoms with Gasteiger partial charge in [-0.2, -0.15) is 0 Å². The van der Waals surface area contributed by atoms with E-state index in [0.29, 0.717) is 23.0 Å². The minimum Gasteiger partial charge on any atom is -0.399 e. The molecule has 0 atom stereocenters. The van der Waals surface area contributed by atoms with Gasteiger partial charge in [0, 0.05) is 5.69 Å². The Morgan fingerprint density at radius 3 is 2.89 bits per heavy atom. The average Bonchev–Trinajstić information content (AvgIpc) is 2.76. The summed E-state index contributed by atoms with van der Waals surface area (Å²) in [6.07, 6.45) is 2.06. The number of tetrazole rings is 1. The van der Waals surface area contributed by atoms with Crippen LogP contribution in [0.15, 0.2) is 18.2 Å². The van der Waals surface area contributed by atoms with E-state index in [4.69, 9.17) is 5.73 Å². The van der Waals surface area contributed by atoms with Crippen LogP contribution in [0.1, 0.15) is 25.8 Å². The number of rotatable bonds is 2. The third kappa shape index (κ3) is 1.73. The van der Waals surface area contributed by atoms with Crippen molar-refractivity contribution in [3.63, 3.8) is 0 Å². The van der Waals surface area contributed by atoms with Crippen molar-refractivity contribution in [3.05, 3.63) is 24.0 Å². The van der Waals surface area contributed by atoms with Gasteiger partial charge in [-0.1, -0.05) is 6.92 Å². The molecule has 6 heteroatoms. The summed E-state index contributed by atoms with van der Waals surface area (Å²) in [4.78, 5) is 0. The van der Waals surface area contributed by atoms with E-state index in [2.05, 4.69) is 22.4 Å². The summed E-state index contributed by atoms with van der Waals surface area (Å²) < 4.78 is 15.5.